The molecule has 1 fully saturated rings. The first kappa shape index (κ1) is 18.9. The van der Waals surface area contributed by atoms with Gasteiger partial charge in [0.2, 0.25) is 15.9 Å². The number of halogens is 2. The van der Waals surface area contributed by atoms with Gasteiger partial charge in [0.15, 0.2) is 11.6 Å². The molecule has 0 unspecified atom stereocenters. The highest BCUT2D eigenvalue weighted by atomic mass is 32.2. The van der Waals surface area contributed by atoms with Gasteiger partial charge in [0, 0.05) is 24.3 Å². The van der Waals surface area contributed by atoms with Gasteiger partial charge in [-0.1, -0.05) is 6.07 Å². The van der Waals surface area contributed by atoms with E-state index in [1.807, 2.05) is 0 Å². The molecule has 0 atom stereocenters. The van der Waals surface area contributed by atoms with E-state index in [2.05, 4.69) is 10.6 Å². The molecule has 0 aliphatic carbocycles. The Bertz CT molecular complexity index is 1010. The van der Waals surface area contributed by atoms with Gasteiger partial charge < -0.3 is 10.6 Å². The third kappa shape index (κ3) is 4.12. The van der Waals surface area contributed by atoms with Crippen LogP contribution in [-0.4, -0.2) is 44.2 Å². The molecular formula is C17H15F2N3O4S. The lowest BCUT2D eigenvalue weighted by atomic mass is 10.2. The molecule has 142 valence electrons. The highest BCUT2D eigenvalue weighted by molar-refractivity contribution is 7.89. The van der Waals surface area contributed by atoms with Crippen molar-refractivity contribution in [3.8, 4) is 0 Å². The van der Waals surface area contributed by atoms with Gasteiger partial charge in [0.25, 0.3) is 5.91 Å². The minimum Gasteiger partial charge on any atom is -0.354 e. The summed E-state index contributed by atoms with van der Waals surface area (Å²) >= 11 is 0. The zero-order valence-corrected chi connectivity index (χ0v) is 14.7. The summed E-state index contributed by atoms with van der Waals surface area (Å²) in [7, 11) is -3.92. The molecule has 27 heavy (non-hydrogen) atoms. The van der Waals surface area contributed by atoms with Crippen LogP contribution in [0.5, 0.6) is 0 Å². The van der Waals surface area contributed by atoms with Crippen molar-refractivity contribution in [2.45, 2.75) is 4.90 Å². The average Bonchev–Trinajstić information content (AvgIpc) is 2.64. The van der Waals surface area contributed by atoms with E-state index < -0.39 is 33.5 Å². The molecule has 0 radical (unpaired) electrons. The smallest absolute Gasteiger partial charge is 0.255 e. The maximum absolute atomic E-state index is 13.3. The number of benzene rings is 2. The second-order valence-electron chi connectivity index (χ2n) is 5.80. The summed E-state index contributed by atoms with van der Waals surface area (Å²) in [4.78, 5) is 23.5. The number of piperazine rings is 1. The molecule has 1 aliphatic heterocycles. The van der Waals surface area contributed by atoms with Gasteiger partial charge in [0.05, 0.1) is 11.4 Å². The predicted octanol–water partition coefficient (Wildman–Crippen LogP) is 1.34. The van der Waals surface area contributed by atoms with Crippen LogP contribution < -0.4 is 10.6 Å². The molecule has 7 nitrogen and oxygen atoms in total. The van der Waals surface area contributed by atoms with Crippen molar-refractivity contribution in [2.24, 2.45) is 0 Å². The first-order valence-corrected chi connectivity index (χ1v) is 9.35. The van der Waals surface area contributed by atoms with Gasteiger partial charge >= 0.3 is 0 Å². The van der Waals surface area contributed by atoms with Crippen LogP contribution in [0.25, 0.3) is 0 Å². The van der Waals surface area contributed by atoms with Crippen molar-refractivity contribution in [3.05, 3.63) is 59.7 Å². The Balaban J connectivity index is 1.81. The third-order valence-electron chi connectivity index (χ3n) is 3.91. The Labute approximate surface area is 154 Å². The molecule has 1 heterocycles. The summed E-state index contributed by atoms with van der Waals surface area (Å²) in [6.07, 6.45) is 0. The van der Waals surface area contributed by atoms with E-state index in [9.17, 15) is 26.8 Å². The van der Waals surface area contributed by atoms with Gasteiger partial charge in [-0.15, -0.1) is 0 Å². The normalized spacial score (nSPS) is 15.3. The molecule has 0 bridgehead atoms. The van der Waals surface area contributed by atoms with Crippen LogP contribution in [0.3, 0.4) is 0 Å². The lowest BCUT2D eigenvalue weighted by Gasteiger charge is -2.26. The second-order valence-corrected chi connectivity index (χ2v) is 7.74. The lowest BCUT2D eigenvalue weighted by Crippen LogP contribution is -2.49. The molecule has 3 rings (SSSR count). The first-order valence-electron chi connectivity index (χ1n) is 7.91. The Kier molecular flexibility index (Phi) is 5.19. The van der Waals surface area contributed by atoms with Crippen LogP contribution in [0.2, 0.25) is 0 Å². The van der Waals surface area contributed by atoms with Gasteiger partial charge in [-0.3, -0.25) is 9.59 Å². The van der Waals surface area contributed by atoms with Crippen LogP contribution >= 0.6 is 0 Å². The number of amides is 2. The van der Waals surface area contributed by atoms with Crippen LogP contribution in [0, 0.1) is 11.6 Å². The molecule has 1 aliphatic rings. The number of anilines is 1. The van der Waals surface area contributed by atoms with E-state index in [0.29, 0.717) is 0 Å². The van der Waals surface area contributed by atoms with Crippen LogP contribution in [-0.2, 0) is 14.8 Å². The summed E-state index contributed by atoms with van der Waals surface area (Å²) in [5.74, 6) is -3.36. The minimum atomic E-state index is -3.92. The van der Waals surface area contributed by atoms with Crippen molar-refractivity contribution < 1.29 is 26.8 Å². The number of sulfonamides is 1. The predicted molar refractivity (Wildman–Crippen MR) is 92.5 cm³/mol. The molecule has 0 spiro atoms. The van der Waals surface area contributed by atoms with Gasteiger partial charge in [-0.05, 0) is 36.4 Å². The zero-order chi connectivity index (χ0) is 19.6. The topological polar surface area (TPSA) is 95.6 Å². The third-order valence-corrected chi connectivity index (χ3v) is 5.76. The van der Waals surface area contributed by atoms with E-state index in [4.69, 9.17) is 0 Å². The summed E-state index contributed by atoms with van der Waals surface area (Å²) < 4.78 is 52.6. The summed E-state index contributed by atoms with van der Waals surface area (Å²) in [6.45, 7) is 0.0674. The SMILES string of the molecule is O=C1CN(S(=O)(=O)c2cccc(NC(=O)c3ccc(F)c(F)c3)c2)CCN1. The number of nitrogens with one attached hydrogen (secondary N) is 2. The molecule has 2 aromatic carbocycles. The van der Waals surface area contributed by atoms with Gasteiger partial charge in [-0.2, -0.15) is 4.31 Å². The number of hydrogen-bond donors (Lipinski definition) is 2. The zero-order valence-electron chi connectivity index (χ0n) is 13.9. The maximum Gasteiger partial charge on any atom is 0.255 e. The van der Waals surface area contributed by atoms with E-state index in [1.54, 1.807) is 0 Å². The molecule has 2 N–H and O–H groups in total. The quantitative estimate of drug-likeness (QED) is 0.817. The Morgan fingerprint density at radius 2 is 1.89 bits per heavy atom. The molecule has 0 aromatic heterocycles. The number of hydrogen-bond acceptors (Lipinski definition) is 4. The van der Waals surface area contributed by atoms with Gasteiger partial charge in [0.1, 0.15) is 0 Å². The van der Waals surface area contributed by atoms with Crippen LogP contribution in [0.1, 0.15) is 10.4 Å². The molecular weight excluding hydrogens is 380 g/mol. The van der Waals surface area contributed by atoms with Crippen LogP contribution in [0.4, 0.5) is 14.5 Å². The average molecular weight is 395 g/mol. The van der Waals surface area contributed by atoms with Crippen molar-refractivity contribution in [1.29, 1.82) is 0 Å². The number of nitrogens with zero attached hydrogens (tertiary/aromatic N) is 1. The van der Waals surface area contributed by atoms with E-state index >= 15 is 0 Å². The summed E-state index contributed by atoms with van der Waals surface area (Å²) in [6, 6.07) is 8.15. The first-order chi connectivity index (χ1) is 12.8. The molecule has 0 saturated carbocycles. The number of carbonyl (C=O) groups excluding carboxylic acids is 2. The standard InChI is InChI=1S/C17H15F2N3O4S/c18-14-5-4-11(8-15(14)19)17(24)21-12-2-1-3-13(9-12)27(25,26)22-7-6-20-16(23)10-22/h1-5,8-9H,6-7,10H2,(H,20,23)(H,21,24). The Morgan fingerprint density at radius 3 is 2.59 bits per heavy atom. The summed E-state index contributed by atoms with van der Waals surface area (Å²) in [5.41, 5.74) is 0.0436. The molecule has 2 aromatic rings. The van der Waals surface area contributed by atoms with E-state index in [-0.39, 0.29) is 35.8 Å². The molecule has 10 heteroatoms. The largest absolute Gasteiger partial charge is 0.354 e. The fraction of sp³-hybridized carbons (Fsp3) is 0.176. The van der Waals surface area contributed by atoms with Crippen LogP contribution in [0.15, 0.2) is 47.4 Å². The minimum absolute atomic E-state index is 0.0970. The van der Waals surface area contributed by atoms with E-state index in [1.165, 1.54) is 24.3 Å². The molecule has 2 amide bonds. The Morgan fingerprint density at radius 1 is 1.11 bits per heavy atom. The van der Waals surface area contributed by atoms with Crippen molar-refractivity contribution in [1.82, 2.24) is 9.62 Å². The fourth-order valence-corrected chi connectivity index (χ4v) is 3.99. The lowest BCUT2D eigenvalue weighted by molar-refractivity contribution is -0.122. The fourth-order valence-electron chi connectivity index (χ4n) is 2.54. The highest BCUT2D eigenvalue weighted by Gasteiger charge is 2.29. The summed E-state index contributed by atoms with van der Waals surface area (Å²) in [5, 5.41) is 4.98. The maximum atomic E-state index is 13.3. The second kappa shape index (κ2) is 7.41. The Hall–Kier alpha value is -2.85. The number of carbonyl (C=O) groups is 2. The van der Waals surface area contributed by atoms with Crippen molar-refractivity contribution >= 4 is 27.5 Å². The van der Waals surface area contributed by atoms with Crippen molar-refractivity contribution in [3.63, 3.8) is 0 Å². The highest BCUT2D eigenvalue weighted by Crippen LogP contribution is 2.21. The van der Waals surface area contributed by atoms with Gasteiger partial charge in [-0.25, -0.2) is 17.2 Å². The van der Waals surface area contributed by atoms with Crippen molar-refractivity contribution in [2.75, 3.05) is 25.0 Å². The van der Waals surface area contributed by atoms with E-state index in [0.717, 1.165) is 22.5 Å². The monoisotopic (exact) mass is 395 g/mol. The molecule has 1 saturated heterocycles. The number of rotatable bonds is 4.